The van der Waals surface area contributed by atoms with E-state index in [1.54, 1.807) is 6.92 Å². The Balaban J connectivity index is 0.742. The van der Waals surface area contributed by atoms with Crippen LogP contribution in [0.25, 0.3) is 0 Å². The fraction of sp³-hybridized carbons (Fsp3) is 0.928. The molecule has 9 saturated heterocycles. The minimum atomic E-state index is -2.35. The molecule has 13 fully saturated rings. The summed E-state index contributed by atoms with van der Waals surface area (Å²) in [6, 6.07) is 0. The van der Waals surface area contributed by atoms with Gasteiger partial charge in [0, 0.05) is 6.92 Å². The van der Waals surface area contributed by atoms with Crippen LogP contribution in [0, 0.1) is 50.2 Å². The van der Waals surface area contributed by atoms with Crippen LogP contribution >= 0.6 is 0 Å². The lowest BCUT2D eigenvalue weighted by atomic mass is 9.33. The van der Waals surface area contributed by atoms with Crippen LogP contribution in [0.5, 0.6) is 0 Å². The Bertz CT molecular complexity index is 3870. The topological polar surface area (TPSA) is 712 Å². The number of fused-ring (bicyclic) bond motifs is 7. The number of carbonyl (C=O) groups is 4. The average Bonchev–Trinajstić information content (AvgIpc) is 0.666. The van der Waals surface area contributed by atoms with Crippen molar-refractivity contribution in [2.75, 3.05) is 33.0 Å². The van der Waals surface area contributed by atoms with Crippen LogP contribution in [0.15, 0.2) is 11.6 Å². The second kappa shape index (κ2) is 38.9. The molecule has 5 aliphatic carbocycles. The van der Waals surface area contributed by atoms with Crippen LogP contribution in [0.4, 0.5) is 0 Å². The Morgan fingerprint density at radius 1 is 0.426 bits per heavy atom. The van der Waals surface area contributed by atoms with Crippen LogP contribution in [0.2, 0.25) is 0 Å². The van der Waals surface area contributed by atoms with Crippen molar-refractivity contribution in [2.24, 2.45) is 50.2 Å². The highest BCUT2D eigenvalue weighted by atomic mass is 16.8. The van der Waals surface area contributed by atoms with Gasteiger partial charge in [-0.25, -0.2) is 0 Å². The minimum absolute atomic E-state index is 0.00110. The number of esters is 2. The number of allylic oxidation sites excluding steroid dienone is 2. The van der Waals surface area contributed by atoms with Crippen molar-refractivity contribution in [3.63, 3.8) is 0 Å². The molecule has 0 amide bonds. The van der Waals surface area contributed by atoms with E-state index in [-0.39, 0.29) is 38.0 Å². The monoisotopic (exact) mass is 1860 g/mol. The predicted molar refractivity (Wildman–Crippen MR) is 413 cm³/mol. The summed E-state index contributed by atoms with van der Waals surface area (Å²) in [6.45, 7) is 13.5. The molecule has 9 aliphatic heterocycles. The number of hydrogen-bond acceptors (Lipinski definition) is 46. The number of rotatable bonds is 23. The molecule has 129 heavy (non-hydrogen) atoms. The first kappa shape index (κ1) is 101. The molecule has 0 unspecified atom stereocenters. The van der Waals surface area contributed by atoms with Gasteiger partial charge in [0.25, 0.3) is 0 Å². The van der Waals surface area contributed by atoms with E-state index in [1.807, 2.05) is 20.8 Å². The quantitative estimate of drug-likeness (QED) is 0.0195. The summed E-state index contributed by atoms with van der Waals surface area (Å²) >= 11 is 0. The SMILES string of the molecule is CC(=O)O[C@H]1[C@H](O[C@@H]2OC[C@@H](O)[C@H](O)[C@H]2O)[C@@H](O)[C@H](O[C@@H]2[C@H](O)[C@@H](O[C@@H]3O[C@@H](C)[C@H](O[C@@H]4OC[C@@H](O)[C@H](O[C@@H]5O[C@H](CO)[C@@H](O)[C@H](O)[C@H]5O)[C@H]4O)[C@@H](O)[C@H]3O)[C@H](OC(=O)[C@]34CCC(C)(C)C[C@H]3C3=CC[C@@H]5[C@@]6(C)CC[C@H](O[C@@H]7O[C@H](C(=O)[O-])[C@@H](O)[C@H](O[C@@H]8OC[C@@H](O)[C@H](O)[C@H]8O)[C@H]7O[C@@H]7O[C@H](CO)[C@H](O)[C@H](O)[C@H]7O)[C@@](C)(C=O)[C@@H]6CC[C@@]5(C)[C@]3(C)C[C@H]4O)O[C@@H]2C)O[C@@H]1C. The van der Waals surface area contributed by atoms with E-state index in [1.165, 1.54) is 20.8 Å². The minimum Gasteiger partial charge on any atom is -0.547 e. The predicted octanol–water partition coefficient (Wildman–Crippen LogP) is -10.4. The molecule has 0 bridgehead atoms. The maximum absolute atomic E-state index is 16.4. The Kier molecular flexibility index (Phi) is 30.5. The first-order valence-corrected chi connectivity index (χ1v) is 44.2. The summed E-state index contributed by atoms with van der Waals surface area (Å²) in [4.78, 5) is 56.4. The smallest absolute Gasteiger partial charge is 0.317 e. The molecule has 0 aromatic rings. The van der Waals surface area contributed by atoms with Crippen molar-refractivity contribution >= 4 is 24.2 Å². The van der Waals surface area contributed by atoms with Gasteiger partial charge in [0.05, 0.1) is 74.9 Å². The van der Waals surface area contributed by atoms with Gasteiger partial charge in [-0.1, -0.05) is 53.2 Å². The highest BCUT2D eigenvalue weighted by molar-refractivity contribution is 5.80. The molecule has 46 nitrogen and oxygen atoms in total. The number of hydrogen-bond donors (Lipinski definition) is 22. The zero-order valence-electron chi connectivity index (χ0n) is 72.8. The maximum atomic E-state index is 16.4. The van der Waals surface area contributed by atoms with Crippen molar-refractivity contribution < 1.29 is 227 Å². The lowest BCUT2D eigenvalue weighted by molar-refractivity contribution is -0.401. The first-order valence-electron chi connectivity index (χ1n) is 44.2. The first-order chi connectivity index (χ1) is 60.6. The molecule has 4 saturated carbocycles. The second-order valence-corrected chi connectivity index (χ2v) is 39.3. The van der Waals surface area contributed by atoms with E-state index in [4.69, 9.17) is 90.0 Å². The molecule has 52 atom stereocenters. The van der Waals surface area contributed by atoms with E-state index in [2.05, 4.69) is 19.9 Å². The van der Waals surface area contributed by atoms with Crippen LogP contribution in [0.3, 0.4) is 0 Å². The molecule has 738 valence electrons. The third kappa shape index (κ3) is 18.2. The lowest BCUT2D eigenvalue weighted by Crippen LogP contribution is -2.70. The van der Waals surface area contributed by atoms with Crippen LogP contribution in [0.1, 0.15) is 127 Å². The van der Waals surface area contributed by atoms with Crippen LogP contribution in [-0.4, -0.2) is 440 Å². The molecule has 9 heterocycles. The standard InChI is InChI=1S/C83H130O46/c1-27-58(121-70-56(106)61(35(90)25-113-70)123-72-51(101)46(96)44(94)36(21-84)118-72)48(98)53(103)71(114-27)127-65-54(104)59(122-74-57(107)63(60(29(3)115-74)117-30(4)87)125-69-50(100)43(93)34(89)24-112-69)28(2)116-75(65)129-77(110)83-18-17-78(5,6)19-32(83)31-11-12-39-79(7)15-14-41(80(8,26-86)38(79)13-16-81(39,9)82(31,10)20-40(83)91)120-76-66(128-73-52(102)47(97)45(95)37(22-85)119-73)62(55(105)64(126-76)67(108)109)124-68-49(99)42(92)33(88)23-111-68/h11,26-29,32-66,68-76,84-85,88-107H,12-25H2,1-10H3,(H,108,109)/p-1/t27-,28+,29+,32-,33+,34+,35+,36+,37+,38+,39+,40+,41-,42-,43-,44+,45-,46-,47-,48-,49+,50+,51+,52+,53+,54-,55-,56+,57+,58-,59-,60+,61-,62-,63+,64-,65+,66+,68-,69-,70-,71-,72-,73-,74-,75-,76+,79-,80-,81+,82+,83+/m0/s1. The highest BCUT2D eigenvalue weighted by Crippen LogP contribution is 2.76. The third-order valence-electron chi connectivity index (χ3n) is 30.9. The average molecular weight is 1860 g/mol. The molecule has 14 rings (SSSR count). The number of carboxylic acid groups (broad SMARTS) is 1. The van der Waals surface area contributed by atoms with Gasteiger partial charge in [0.2, 0.25) is 6.29 Å². The Morgan fingerprint density at radius 3 is 1.43 bits per heavy atom. The Hall–Kier alpha value is -3.74. The van der Waals surface area contributed by atoms with Gasteiger partial charge in [0.15, 0.2) is 62.5 Å². The fourth-order valence-electron chi connectivity index (χ4n) is 23.2. The van der Waals surface area contributed by atoms with Gasteiger partial charge in [-0.2, -0.15) is 0 Å². The molecule has 22 N–H and O–H groups in total. The number of carbonyl (C=O) groups excluding carboxylic acids is 4. The van der Waals surface area contributed by atoms with E-state index in [0.29, 0.717) is 25.7 Å². The summed E-state index contributed by atoms with van der Waals surface area (Å²) in [5, 5.41) is 259. The van der Waals surface area contributed by atoms with Crippen molar-refractivity contribution in [2.45, 2.75) is 397 Å². The molecular weight excluding hydrogens is 1730 g/mol. The van der Waals surface area contributed by atoms with Gasteiger partial charge in [-0.15, -0.1) is 0 Å². The lowest BCUT2D eigenvalue weighted by Gasteiger charge is -2.71. The highest BCUT2D eigenvalue weighted by Gasteiger charge is 2.74. The van der Waals surface area contributed by atoms with Gasteiger partial charge in [-0.05, 0) is 118 Å². The molecule has 0 aromatic heterocycles. The van der Waals surface area contributed by atoms with Crippen molar-refractivity contribution in [1.29, 1.82) is 0 Å². The number of aliphatic hydroxyl groups is 22. The molecule has 0 radical (unpaired) electrons. The summed E-state index contributed by atoms with van der Waals surface area (Å²) in [5.41, 5.74) is -5.62. The van der Waals surface area contributed by atoms with Crippen molar-refractivity contribution in [3.05, 3.63) is 11.6 Å². The van der Waals surface area contributed by atoms with E-state index in [9.17, 15) is 132 Å². The zero-order valence-corrected chi connectivity index (χ0v) is 72.8. The summed E-state index contributed by atoms with van der Waals surface area (Å²) in [7, 11) is 0. The summed E-state index contributed by atoms with van der Waals surface area (Å²) < 4.78 is 115. The number of aldehydes is 1. The van der Waals surface area contributed by atoms with Gasteiger partial charge < -0.3 is 217 Å². The maximum Gasteiger partial charge on any atom is 0.317 e. The molecule has 46 heteroatoms. The van der Waals surface area contributed by atoms with Crippen molar-refractivity contribution in [3.8, 4) is 0 Å². The van der Waals surface area contributed by atoms with Gasteiger partial charge in [-0.3, -0.25) is 9.59 Å². The zero-order chi connectivity index (χ0) is 94.2. The normalized spacial score (nSPS) is 54.2. The Labute approximate surface area is 740 Å². The van der Waals surface area contributed by atoms with Crippen molar-refractivity contribution in [1.82, 2.24) is 0 Å². The number of aliphatic hydroxyl groups excluding tert-OH is 22. The Morgan fingerprint density at radius 2 is 0.884 bits per heavy atom. The van der Waals surface area contributed by atoms with Gasteiger partial charge >= 0.3 is 11.9 Å². The van der Waals surface area contributed by atoms with E-state index < -0.39 is 366 Å². The van der Waals surface area contributed by atoms with E-state index >= 15 is 4.79 Å². The molecule has 0 aromatic carbocycles. The molecule has 14 aliphatic rings. The summed E-state index contributed by atoms with van der Waals surface area (Å²) in [5.74, 6) is -5.66. The number of ether oxygens (including phenoxy) is 19. The summed E-state index contributed by atoms with van der Waals surface area (Å²) in [6.07, 6.45) is -77.2. The second-order valence-electron chi connectivity index (χ2n) is 39.3. The molecule has 0 spiro atoms. The fourth-order valence-corrected chi connectivity index (χ4v) is 23.2. The third-order valence-corrected chi connectivity index (χ3v) is 30.9. The van der Waals surface area contributed by atoms with Crippen LogP contribution in [-0.2, 0) is 109 Å². The number of aliphatic carboxylic acids is 1. The number of carboxylic acids is 1. The van der Waals surface area contributed by atoms with Crippen LogP contribution < -0.4 is 5.11 Å². The molecular formula is C83H129O46-. The van der Waals surface area contributed by atoms with Gasteiger partial charge in [0.1, 0.15) is 183 Å². The van der Waals surface area contributed by atoms with E-state index in [0.717, 1.165) is 18.8 Å². The largest absolute Gasteiger partial charge is 0.547 e.